The van der Waals surface area contributed by atoms with Crippen molar-refractivity contribution in [1.82, 2.24) is 79.3 Å². The third kappa shape index (κ3) is 39.2. The molecule has 2 aliphatic heterocycles. The van der Waals surface area contributed by atoms with Crippen LogP contribution < -0.4 is 49.7 Å². The number of aryl methyl sites for hydroxylation is 10. The number of hydrazine groups is 1. The van der Waals surface area contributed by atoms with Crippen molar-refractivity contribution in [2.24, 2.45) is 5.84 Å². The normalized spacial score (nSPS) is 11.5. The average molecular weight is 2410 g/mol. The fraction of sp³-hybridized carbons (Fsp3) is 0.313. The minimum atomic E-state index is -3.22. The van der Waals surface area contributed by atoms with Gasteiger partial charge in [0.25, 0.3) is 0 Å². The van der Waals surface area contributed by atoms with Gasteiger partial charge in [-0.1, -0.05) is 87.6 Å². The molecule has 0 spiro atoms. The molecule has 0 saturated carbocycles. The molecule has 134 heavy (non-hydrogen) atoms. The van der Waals surface area contributed by atoms with E-state index in [4.69, 9.17) is 67.7 Å². The number of ether oxygens (including phenoxy) is 2. The van der Waals surface area contributed by atoms with Gasteiger partial charge in [0.2, 0.25) is 17.1 Å². The van der Waals surface area contributed by atoms with Crippen LogP contribution >= 0.6 is 155 Å². The molecule has 0 radical (unpaired) electrons. The van der Waals surface area contributed by atoms with Crippen LogP contribution in [0.4, 0.5) is 69.0 Å². The van der Waals surface area contributed by atoms with E-state index in [0.717, 1.165) is 49.7 Å². The quantitative estimate of drug-likeness (QED) is 0.00659. The molecule has 0 atom stereocenters. The molecule has 2 fully saturated rings. The van der Waals surface area contributed by atoms with Crippen molar-refractivity contribution in [2.75, 3.05) is 110 Å². The smallest absolute Gasteiger partial charge is 0.512 e. The van der Waals surface area contributed by atoms with Gasteiger partial charge in [-0.15, -0.1) is 40.1 Å². The Bertz CT molecular complexity index is 6300. The van der Waals surface area contributed by atoms with Crippen molar-refractivity contribution >= 4 is 250 Å². The molecule has 0 bridgehead atoms. The zero-order valence-corrected chi connectivity index (χ0v) is 88.2. The molecule has 2 aliphatic rings. The van der Waals surface area contributed by atoms with Crippen LogP contribution in [0.3, 0.4) is 0 Å². The summed E-state index contributed by atoms with van der Waals surface area (Å²) in [7, 11) is 4.26. The van der Waals surface area contributed by atoms with Gasteiger partial charge in [-0.05, 0) is 253 Å². The average Bonchev–Trinajstić information content (AvgIpc) is 1.52. The molecule has 7 aromatic carbocycles. The molecule has 13 aromatic rings. The Morgan fingerprint density at radius 3 is 1.37 bits per heavy atom. The maximum absolute atomic E-state index is 14.6. The van der Waals surface area contributed by atoms with E-state index in [9.17, 15) is 54.5 Å². The molecule has 2 saturated heterocycles. The van der Waals surface area contributed by atoms with Crippen LogP contribution in [0.15, 0.2) is 95.8 Å². The molecule has 0 unspecified atom stereocenters. The van der Waals surface area contributed by atoms with E-state index in [2.05, 4.69) is 174 Å². The zero-order valence-electron chi connectivity index (χ0n) is 74.4. The van der Waals surface area contributed by atoms with Crippen LogP contribution in [0.2, 0.25) is 5.28 Å². The number of hydrogen-bond acceptors (Lipinski definition) is 26. The monoisotopic (exact) mass is 2410 g/mol. The Morgan fingerprint density at radius 1 is 0.567 bits per heavy atom. The molecule has 6 aromatic heterocycles. The molecule has 15 rings (SSSR count). The van der Waals surface area contributed by atoms with Crippen LogP contribution in [0.25, 0.3) is 49.7 Å². The third-order valence-electron chi connectivity index (χ3n) is 17.5. The van der Waals surface area contributed by atoms with Crippen molar-refractivity contribution in [3.8, 4) is 12.1 Å². The number of fused-ring (bicyclic) bond motifs is 9. The number of piperazine rings is 2. The minimum absolute atomic E-state index is 0. The van der Waals surface area contributed by atoms with Crippen LogP contribution in [0.5, 0.6) is 0 Å². The summed E-state index contributed by atoms with van der Waals surface area (Å²) in [6.07, 6.45) is -0.706. The number of benzene rings is 7. The van der Waals surface area contributed by atoms with Gasteiger partial charge in [-0.3, -0.25) is 20.1 Å². The second-order valence-electron chi connectivity index (χ2n) is 27.4. The first-order valence-corrected chi connectivity index (χ1v) is 47.7. The first-order chi connectivity index (χ1) is 61.6. The summed E-state index contributed by atoms with van der Waals surface area (Å²) in [5, 5.41) is 39.6. The number of carbonyl (C=O) groups excluding carboxylic acids is 3. The number of hydrogen-bond donors (Lipinski definition) is 8. The molecular weight excluding hydrogens is 2320 g/mol. The van der Waals surface area contributed by atoms with Gasteiger partial charge in [-0.2, -0.15) is 24.1 Å². The number of rotatable bonds is 4. The number of nitrogen functional groups attached to an aromatic ring is 3. The maximum atomic E-state index is 14.6. The fourth-order valence-corrected chi connectivity index (χ4v) is 11.8. The number of alkyl halides is 2. The molecular formula is C83H96Cl7CuF7I3N25O7P. The Hall–Kier alpha value is -9.03. The molecule has 730 valence electrons. The molecule has 8 heterocycles. The number of H-pyrrole nitrogens is 1. The van der Waals surface area contributed by atoms with Crippen molar-refractivity contribution in [2.45, 2.75) is 90.0 Å². The Balaban J connectivity index is 0.00000148. The standard InChI is InChI=1S/C16H19FN6.C11H8ClFN4.C11H9FN4O.C11H11FN2O2.C8H7FN2.C7H7FIN.C7H8FN.C5H12N2.C3H5ClO2.C2H6N2O.CH2I2.CN.Cl3OP.2ClH.Cu/c1-10-4-5-12-13(14(10)17)15-18-11(2)20-23(15)16(19-12)22-8-6-21(3)7-9-22;1-5-3-4-7-8(9(5)13)10-14-6(2)16-17(10)11(12)15-7;1-5-3-4-7-8(9(5)12)10-13-6(2)15-16(10)11(17)14-7;1-3-16-11(15)14-9-5-4-7(2)10(12)8(9)6-13;1-5-2-3-7(11)6(4-10)8(5)9;1-4-2-3-5(10)7(9)6(4)8;1-5-2-3-6(9)4-7(5)8;1-7-4-2-6-3-5-7;1-2-6-3(4)5;1-2(5)4-3;2-1-3;1-2;1-5(2,3)4;;;/h4-5H,6-9H2,1-3H3;3-4H,1-2H3;3-4H,1-2H3,(H,14,17);4-5H,3H2,1-2H3,(H,14,15);2-3H,11H2,1H3;2-3H,10H2,1H3;2-4H,9H2,1H3;6H,2-5H2,1H3;2H2,1H3;3H2,1H3,(H,4,5);1H2;;;2*1H;/q;;;;;;;;;;;-1;;;;+1. The second kappa shape index (κ2) is 61.9. The zero-order chi connectivity index (χ0) is 99.2. The van der Waals surface area contributed by atoms with Crippen LogP contribution in [0.1, 0.15) is 88.3 Å². The van der Waals surface area contributed by atoms with E-state index >= 15 is 0 Å². The maximum Gasteiger partial charge on any atom is 1.00 e. The predicted molar refractivity (Wildman–Crippen MR) is 540 cm³/mol. The minimum Gasteiger partial charge on any atom is -0.512 e. The first kappa shape index (κ1) is 125. The Kier molecular flexibility index (Phi) is 57.8. The number of nitriles is 2. The van der Waals surface area contributed by atoms with E-state index in [-0.39, 0.29) is 117 Å². The van der Waals surface area contributed by atoms with Crippen molar-refractivity contribution in [3.05, 3.63) is 225 Å². The summed E-state index contributed by atoms with van der Waals surface area (Å²) in [5.74, 6) is 4.11. The Morgan fingerprint density at radius 2 is 0.955 bits per heavy atom. The Labute approximate surface area is 856 Å². The van der Waals surface area contributed by atoms with E-state index in [1.165, 1.54) is 51.2 Å². The van der Waals surface area contributed by atoms with Crippen molar-refractivity contribution < 1.29 is 76.2 Å². The number of amides is 2. The summed E-state index contributed by atoms with van der Waals surface area (Å²) in [5.41, 5.74) is 24.3. The molecule has 12 N–H and O–H groups in total. The second-order valence-corrected chi connectivity index (χ2v) is 40.2. The van der Waals surface area contributed by atoms with Gasteiger partial charge in [0, 0.05) is 82.3 Å². The van der Waals surface area contributed by atoms with E-state index < -0.39 is 34.0 Å². The summed E-state index contributed by atoms with van der Waals surface area (Å²) < 4.78 is 119. The van der Waals surface area contributed by atoms with Gasteiger partial charge >= 0.3 is 39.5 Å². The molecule has 2 amide bonds. The van der Waals surface area contributed by atoms with Gasteiger partial charge < -0.3 is 63.5 Å². The number of halogens is 17. The van der Waals surface area contributed by atoms with Crippen molar-refractivity contribution in [1.29, 1.82) is 15.8 Å². The number of carbonyl (C=O) groups is 3. The van der Waals surface area contributed by atoms with E-state index in [1.54, 1.807) is 153 Å². The molecule has 32 nitrogen and oxygen atoms in total. The van der Waals surface area contributed by atoms with Crippen LogP contribution in [0, 0.1) is 148 Å². The van der Waals surface area contributed by atoms with Gasteiger partial charge in [0.15, 0.2) is 16.9 Å². The SMILES string of the molecule is CC(=O)NN.CCOC(=O)Cl.CCOC(=O)Nc1ccc(C)c(F)c1C#N.CN1CCNCC1.Cc1ccc(N)c(C#N)c1F.Cc1ccc(N)c(I)c1F.Cc1ccc(N)cc1F.Cc1nc2c3c(F)c(C)ccc3[nH]c(=O)n2n1.Cc1nc2c3c(F)c(C)ccc3nc(Cl)n2n1.Cc1nc2c3c(F)c(C)ccc3nc(N3CCN(C)CC3)n2n1.Cl.Cl.ICI.O=P(Cl)(Cl)Cl.[C-]#N.[Cu+]. The topological polar surface area (TPSA) is 457 Å². The van der Waals surface area contributed by atoms with Crippen LogP contribution in [-0.2, 0) is 35.9 Å². The number of nitrogens with zero attached hydrogens (tertiary/aromatic N) is 17. The number of likely N-dealkylation sites (N-methyl/N-ethyl adjacent to an activating group) is 2. The largest absolute Gasteiger partial charge is 1.00 e. The van der Waals surface area contributed by atoms with Gasteiger partial charge in [0.1, 0.15) is 81.5 Å². The summed E-state index contributed by atoms with van der Waals surface area (Å²) in [4.78, 5) is 72.9. The summed E-state index contributed by atoms with van der Waals surface area (Å²) >= 11 is 31.0. The van der Waals surface area contributed by atoms with E-state index in [1.807, 2.05) is 41.0 Å². The van der Waals surface area contributed by atoms with Crippen molar-refractivity contribution in [3.63, 3.8) is 0 Å². The van der Waals surface area contributed by atoms with Gasteiger partial charge in [-0.25, -0.2) is 75.9 Å². The summed E-state index contributed by atoms with van der Waals surface area (Å²) in [6.45, 7) is 35.3. The van der Waals surface area contributed by atoms with E-state index in [0.29, 0.717) is 122 Å². The molecule has 51 heteroatoms. The number of nitrogens with two attached hydrogens (primary N) is 4. The first-order valence-electron chi connectivity index (χ1n) is 38.4. The fourth-order valence-electron chi connectivity index (χ4n) is 10.9. The number of nitrogens with one attached hydrogen (secondary N) is 4. The number of aromatic amines is 1. The van der Waals surface area contributed by atoms with Crippen LogP contribution in [-0.4, -0.2) is 168 Å². The molecule has 0 aliphatic carbocycles. The van der Waals surface area contributed by atoms with Gasteiger partial charge in [0.05, 0.1) is 63.3 Å². The predicted octanol–water partition coefficient (Wildman–Crippen LogP) is 19.5. The number of anilines is 5. The number of aromatic nitrogens is 12. The third-order valence-corrected chi connectivity index (χ3v) is 19.0. The summed E-state index contributed by atoms with van der Waals surface area (Å²) in [6, 6.07) is 27.8.